The normalized spacial score (nSPS) is 14.2. The Morgan fingerprint density at radius 3 is 2.39 bits per heavy atom. The van der Waals surface area contributed by atoms with Gasteiger partial charge in [-0.25, -0.2) is 0 Å². The summed E-state index contributed by atoms with van der Waals surface area (Å²) in [6.07, 6.45) is 3.33. The molecule has 0 amide bonds. The fourth-order valence-corrected chi connectivity index (χ4v) is 2.69. The van der Waals surface area contributed by atoms with Gasteiger partial charge in [0.05, 0.1) is 6.61 Å². The Kier molecular flexibility index (Phi) is 7.21. The van der Waals surface area contributed by atoms with E-state index in [1.807, 2.05) is 30.8 Å². The summed E-state index contributed by atoms with van der Waals surface area (Å²) in [4.78, 5) is 0. The van der Waals surface area contributed by atoms with E-state index in [0.29, 0.717) is 12.1 Å². The average molecular weight is 267 g/mol. The van der Waals surface area contributed by atoms with Crippen LogP contribution in [0.4, 0.5) is 0 Å². The minimum atomic E-state index is 0.387. The van der Waals surface area contributed by atoms with E-state index < -0.39 is 0 Å². The highest BCUT2D eigenvalue weighted by molar-refractivity contribution is 7.98. The van der Waals surface area contributed by atoms with Crippen LogP contribution in [0.15, 0.2) is 24.3 Å². The smallest absolute Gasteiger partial charge is 0.119 e. The van der Waals surface area contributed by atoms with Gasteiger partial charge in [-0.05, 0) is 44.2 Å². The van der Waals surface area contributed by atoms with Gasteiger partial charge in [0.2, 0.25) is 0 Å². The molecule has 0 bridgehead atoms. The molecular formula is C15H25NOS. The molecule has 0 radical (unpaired) electrons. The summed E-state index contributed by atoms with van der Waals surface area (Å²) in [7, 11) is 0. The van der Waals surface area contributed by atoms with Crippen LogP contribution in [-0.4, -0.2) is 24.7 Å². The fraction of sp³-hybridized carbons (Fsp3) is 0.600. The summed E-state index contributed by atoms with van der Waals surface area (Å²) >= 11 is 1.90. The van der Waals surface area contributed by atoms with Crippen molar-refractivity contribution in [3.63, 3.8) is 0 Å². The van der Waals surface area contributed by atoms with Gasteiger partial charge in [0.1, 0.15) is 5.75 Å². The first-order valence-corrected chi connectivity index (χ1v) is 8.08. The van der Waals surface area contributed by atoms with E-state index in [0.717, 1.165) is 18.1 Å². The second-order valence-corrected chi connectivity index (χ2v) is 5.36. The number of ether oxygens (including phenoxy) is 1. The molecule has 1 aromatic carbocycles. The van der Waals surface area contributed by atoms with Gasteiger partial charge in [-0.3, -0.25) is 0 Å². The molecule has 0 aliphatic heterocycles. The van der Waals surface area contributed by atoms with Crippen LogP contribution in [0.1, 0.15) is 38.8 Å². The lowest BCUT2D eigenvalue weighted by Gasteiger charge is -2.22. The van der Waals surface area contributed by atoms with Crippen LogP contribution in [0, 0.1) is 0 Å². The van der Waals surface area contributed by atoms with Crippen molar-refractivity contribution in [1.82, 2.24) is 5.32 Å². The van der Waals surface area contributed by atoms with Crippen molar-refractivity contribution >= 4 is 11.8 Å². The van der Waals surface area contributed by atoms with Crippen LogP contribution in [0.3, 0.4) is 0 Å². The molecule has 0 aliphatic rings. The Bertz CT molecular complexity index is 326. The highest BCUT2D eigenvalue weighted by atomic mass is 32.2. The van der Waals surface area contributed by atoms with Crippen molar-refractivity contribution in [1.29, 1.82) is 0 Å². The second-order valence-electron chi connectivity index (χ2n) is 4.45. The van der Waals surface area contributed by atoms with Gasteiger partial charge in [-0.15, -0.1) is 0 Å². The van der Waals surface area contributed by atoms with Crippen molar-refractivity contribution in [3.05, 3.63) is 29.8 Å². The van der Waals surface area contributed by atoms with Gasteiger partial charge in [0.15, 0.2) is 0 Å². The maximum atomic E-state index is 5.46. The van der Waals surface area contributed by atoms with Gasteiger partial charge < -0.3 is 10.1 Å². The molecule has 102 valence electrons. The van der Waals surface area contributed by atoms with Crippen LogP contribution in [0.2, 0.25) is 0 Å². The molecule has 0 saturated heterocycles. The summed E-state index contributed by atoms with van der Waals surface area (Å²) in [5.41, 5.74) is 1.32. The lowest BCUT2D eigenvalue weighted by molar-refractivity contribution is 0.340. The largest absolute Gasteiger partial charge is 0.494 e. The lowest BCUT2D eigenvalue weighted by Crippen LogP contribution is -2.32. The van der Waals surface area contributed by atoms with Crippen molar-refractivity contribution in [2.75, 3.05) is 18.6 Å². The first-order chi connectivity index (χ1) is 8.71. The summed E-state index contributed by atoms with van der Waals surface area (Å²) in [5.74, 6) is 2.11. The quantitative estimate of drug-likeness (QED) is 0.772. The van der Waals surface area contributed by atoms with Crippen molar-refractivity contribution in [3.8, 4) is 5.75 Å². The molecule has 0 saturated carbocycles. The zero-order valence-electron chi connectivity index (χ0n) is 11.9. The Morgan fingerprint density at radius 2 is 1.89 bits per heavy atom. The Labute approximate surface area is 116 Å². The fourth-order valence-electron chi connectivity index (χ4n) is 1.95. The Balaban J connectivity index is 2.57. The molecule has 3 heteroatoms. The van der Waals surface area contributed by atoms with Gasteiger partial charge in [0.25, 0.3) is 0 Å². The van der Waals surface area contributed by atoms with Crippen LogP contribution in [0.25, 0.3) is 0 Å². The second kappa shape index (κ2) is 8.44. The standard InChI is InChI=1S/C15H25NOS/c1-5-14(11-18-4)16-12(3)13-7-9-15(10-8-13)17-6-2/h7-10,12,14,16H,5-6,11H2,1-4H3. The Hall–Kier alpha value is -0.670. The van der Waals surface area contributed by atoms with E-state index in [9.17, 15) is 0 Å². The topological polar surface area (TPSA) is 21.3 Å². The minimum absolute atomic E-state index is 0.387. The number of nitrogens with one attached hydrogen (secondary N) is 1. The van der Waals surface area contributed by atoms with E-state index in [1.165, 1.54) is 12.0 Å². The lowest BCUT2D eigenvalue weighted by atomic mass is 10.1. The van der Waals surface area contributed by atoms with Crippen LogP contribution < -0.4 is 10.1 Å². The predicted molar refractivity (Wildman–Crippen MR) is 81.6 cm³/mol. The van der Waals surface area contributed by atoms with Gasteiger partial charge in [0, 0.05) is 17.8 Å². The molecule has 1 rings (SSSR count). The summed E-state index contributed by atoms with van der Waals surface area (Å²) in [5, 5.41) is 3.67. The minimum Gasteiger partial charge on any atom is -0.494 e. The van der Waals surface area contributed by atoms with Gasteiger partial charge in [-0.2, -0.15) is 11.8 Å². The zero-order valence-corrected chi connectivity index (χ0v) is 12.7. The van der Waals surface area contributed by atoms with Crippen molar-refractivity contribution < 1.29 is 4.74 Å². The summed E-state index contributed by atoms with van der Waals surface area (Å²) in [6.45, 7) is 7.18. The molecular weight excluding hydrogens is 242 g/mol. The Morgan fingerprint density at radius 1 is 1.22 bits per heavy atom. The highest BCUT2D eigenvalue weighted by Crippen LogP contribution is 2.18. The highest BCUT2D eigenvalue weighted by Gasteiger charge is 2.11. The SMILES string of the molecule is CCOc1ccc(C(C)NC(CC)CSC)cc1. The average Bonchev–Trinajstić information content (AvgIpc) is 2.39. The predicted octanol–water partition coefficient (Wildman–Crippen LogP) is 3.88. The van der Waals surface area contributed by atoms with E-state index in [2.05, 4.69) is 37.6 Å². The maximum absolute atomic E-state index is 5.46. The number of benzene rings is 1. The number of thioether (sulfide) groups is 1. The molecule has 1 N–H and O–H groups in total. The summed E-state index contributed by atoms with van der Waals surface area (Å²) in [6, 6.07) is 9.36. The third-order valence-electron chi connectivity index (χ3n) is 3.04. The van der Waals surface area contributed by atoms with Crippen LogP contribution in [0.5, 0.6) is 5.75 Å². The number of hydrogen-bond donors (Lipinski definition) is 1. The summed E-state index contributed by atoms with van der Waals surface area (Å²) < 4.78 is 5.46. The molecule has 0 aliphatic carbocycles. The maximum Gasteiger partial charge on any atom is 0.119 e. The van der Waals surface area contributed by atoms with E-state index >= 15 is 0 Å². The monoisotopic (exact) mass is 267 g/mol. The number of rotatable bonds is 8. The molecule has 1 aromatic rings. The van der Waals surface area contributed by atoms with Crippen LogP contribution >= 0.6 is 11.8 Å². The third kappa shape index (κ3) is 4.91. The molecule has 0 fully saturated rings. The molecule has 18 heavy (non-hydrogen) atoms. The zero-order chi connectivity index (χ0) is 13.4. The van der Waals surface area contributed by atoms with Crippen molar-refractivity contribution in [2.24, 2.45) is 0 Å². The molecule has 0 spiro atoms. The number of hydrogen-bond acceptors (Lipinski definition) is 3. The van der Waals surface area contributed by atoms with E-state index in [4.69, 9.17) is 4.74 Å². The van der Waals surface area contributed by atoms with E-state index in [-0.39, 0.29) is 0 Å². The molecule has 2 atom stereocenters. The molecule has 2 nitrogen and oxygen atoms in total. The molecule has 2 unspecified atom stereocenters. The molecule has 0 heterocycles. The van der Waals surface area contributed by atoms with Crippen molar-refractivity contribution in [2.45, 2.75) is 39.3 Å². The molecule has 0 aromatic heterocycles. The van der Waals surface area contributed by atoms with Gasteiger partial charge in [-0.1, -0.05) is 19.1 Å². The van der Waals surface area contributed by atoms with Crippen LogP contribution in [-0.2, 0) is 0 Å². The van der Waals surface area contributed by atoms with E-state index in [1.54, 1.807) is 0 Å². The first kappa shape index (κ1) is 15.4. The first-order valence-electron chi connectivity index (χ1n) is 6.69. The third-order valence-corrected chi connectivity index (χ3v) is 3.77. The van der Waals surface area contributed by atoms with Gasteiger partial charge >= 0.3 is 0 Å².